The van der Waals surface area contributed by atoms with Crippen LogP contribution in [0.4, 0.5) is 5.69 Å². The van der Waals surface area contributed by atoms with Crippen LogP contribution in [0.5, 0.6) is 17.2 Å². The molecule has 0 aliphatic carbocycles. The molecule has 3 aromatic carbocycles. The molecular formula is C25H26N2O3S. The van der Waals surface area contributed by atoms with Crippen LogP contribution < -0.4 is 19.5 Å². The molecule has 0 unspecified atom stereocenters. The number of para-hydroxylation sites is 2. The van der Waals surface area contributed by atoms with Crippen molar-refractivity contribution in [3.8, 4) is 17.2 Å². The smallest absolute Gasteiger partial charge is 0.231 e. The highest BCUT2D eigenvalue weighted by molar-refractivity contribution is 7.80. The van der Waals surface area contributed by atoms with Crippen molar-refractivity contribution < 1.29 is 14.2 Å². The van der Waals surface area contributed by atoms with Crippen molar-refractivity contribution in [1.29, 1.82) is 0 Å². The third kappa shape index (κ3) is 5.27. The van der Waals surface area contributed by atoms with Crippen LogP contribution >= 0.6 is 12.2 Å². The van der Waals surface area contributed by atoms with Gasteiger partial charge in [0.05, 0.1) is 12.3 Å². The normalized spacial score (nSPS) is 11.8. The van der Waals surface area contributed by atoms with E-state index in [2.05, 4.69) is 41.4 Å². The number of fused-ring (bicyclic) bond motifs is 1. The monoisotopic (exact) mass is 434 g/mol. The lowest BCUT2D eigenvalue weighted by molar-refractivity contribution is 0.174. The van der Waals surface area contributed by atoms with Gasteiger partial charge in [-0.15, -0.1) is 0 Å². The number of aryl methyl sites for hydroxylation is 1. The maximum absolute atomic E-state index is 5.83. The number of hydrogen-bond acceptors (Lipinski definition) is 4. The predicted molar refractivity (Wildman–Crippen MR) is 127 cm³/mol. The number of hydrogen-bond donors (Lipinski definition) is 1. The van der Waals surface area contributed by atoms with E-state index in [1.165, 1.54) is 11.1 Å². The first-order valence-electron chi connectivity index (χ1n) is 10.3. The Morgan fingerprint density at radius 1 is 0.968 bits per heavy atom. The summed E-state index contributed by atoms with van der Waals surface area (Å²) < 4.78 is 16.7. The van der Waals surface area contributed by atoms with Gasteiger partial charge < -0.3 is 24.4 Å². The van der Waals surface area contributed by atoms with Gasteiger partial charge in [-0.25, -0.2) is 0 Å². The molecule has 0 bridgehead atoms. The second-order valence-electron chi connectivity index (χ2n) is 7.39. The first-order valence-corrected chi connectivity index (χ1v) is 10.7. The Kier molecular flexibility index (Phi) is 6.57. The van der Waals surface area contributed by atoms with Crippen LogP contribution in [-0.4, -0.2) is 23.4 Å². The molecule has 1 N–H and O–H groups in total. The van der Waals surface area contributed by atoms with Crippen molar-refractivity contribution >= 4 is 23.0 Å². The Labute approximate surface area is 188 Å². The second kappa shape index (κ2) is 9.71. The summed E-state index contributed by atoms with van der Waals surface area (Å²) >= 11 is 5.83. The Morgan fingerprint density at radius 3 is 2.48 bits per heavy atom. The summed E-state index contributed by atoms with van der Waals surface area (Å²) in [6, 6.07) is 22.4. The Morgan fingerprint density at radius 2 is 1.68 bits per heavy atom. The van der Waals surface area contributed by atoms with Crippen LogP contribution in [-0.2, 0) is 13.1 Å². The third-order valence-corrected chi connectivity index (χ3v) is 5.38. The fraction of sp³-hybridized carbons (Fsp3) is 0.240. The van der Waals surface area contributed by atoms with E-state index in [1.807, 2.05) is 49.4 Å². The fourth-order valence-electron chi connectivity index (χ4n) is 3.42. The number of anilines is 1. The minimum absolute atomic E-state index is 0.264. The molecular weight excluding hydrogens is 408 g/mol. The molecule has 0 radical (unpaired) electrons. The van der Waals surface area contributed by atoms with E-state index in [9.17, 15) is 0 Å². The largest absolute Gasteiger partial charge is 0.492 e. The van der Waals surface area contributed by atoms with Gasteiger partial charge in [0.15, 0.2) is 16.6 Å². The van der Waals surface area contributed by atoms with Gasteiger partial charge in [0.2, 0.25) is 6.79 Å². The molecule has 0 aromatic heterocycles. The average molecular weight is 435 g/mol. The fourth-order valence-corrected chi connectivity index (χ4v) is 3.66. The van der Waals surface area contributed by atoms with Crippen LogP contribution in [0, 0.1) is 6.92 Å². The number of nitrogens with zero attached hydrogens (tertiary/aromatic N) is 1. The summed E-state index contributed by atoms with van der Waals surface area (Å²) in [6.07, 6.45) is 0. The summed E-state index contributed by atoms with van der Waals surface area (Å²) in [5, 5.41) is 4.01. The van der Waals surface area contributed by atoms with Crippen LogP contribution in [0.3, 0.4) is 0 Å². The summed E-state index contributed by atoms with van der Waals surface area (Å²) in [7, 11) is 0. The van der Waals surface area contributed by atoms with Gasteiger partial charge in [0.1, 0.15) is 5.75 Å². The SMILES string of the molecule is CCOc1ccccc1NC(=S)N(Cc1ccc(C)cc1)Cc1ccc2c(c1)OCO2. The molecule has 160 valence electrons. The molecule has 0 fully saturated rings. The topological polar surface area (TPSA) is 43.0 Å². The maximum Gasteiger partial charge on any atom is 0.231 e. The Balaban J connectivity index is 1.56. The molecule has 6 heteroatoms. The van der Waals surface area contributed by atoms with Crippen molar-refractivity contribution in [3.05, 3.63) is 83.4 Å². The lowest BCUT2D eigenvalue weighted by Crippen LogP contribution is -2.34. The summed E-state index contributed by atoms with van der Waals surface area (Å²) in [4.78, 5) is 2.14. The summed E-state index contributed by atoms with van der Waals surface area (Å²) in [6.45, 7) is 6.23. The van der Waals surface area contributed by atoms with Gasteiger partial charge in [0.25, 0.3) is 0 Å². The van der Waals surface area contributed by atoms with Gasteiger partial charge in [-0.05, 0) is 61.5 Å². The number of thiocarbonyl (C=S) groups is 1. The zero-order chi connectivity index (χ0) is 21.6. The van der Waals surface area contributed by atoms with Gasteiger partial charge >= 0.3 is 0 Å². The lowest BCUT2D eigenvalue weighted by atomic mass is 10.1. The summed E-state index contributed by atoms with van der Waals surface area (Å²) in [5.41, 5.74) is 4.37. The third-order valence-electron chi connectivity index (χ3n) is 5.02. The zero-order valence-electron chi connectivity index (χ0n) is 17.8. The lowest BCUT2D eigenvalue weighted by Gasteiger charge is -2.27. The highest BCUT2D eigenvalue weighted by atomic mass is 32.1. The molecule has 1 aliphatic heterocycles. The van der Waals surface area contributed by atoms with Crippen LogP contribution in [0.25, 0.3) is 0 Å². The first kappa shape index (κ1) is 21.0. The van der Waals surface area contributed by atoms with Crippen LogP contribution in [0.1, 0.15) is 23.6 Å². The Bertz CT molecular complexity index is 1050. The van der Waals surface area contributed by atoms with Crippen molar-refractivity contribution in [1.82, 2.24) is 4.90 Å². The zero-order valence-corrected chi connectivity index (χ0v) is 18.6. The molecule has 0 atom stereocenters. The summed E-state index contributed by atoms with van der Waals surface area (Å²) in [5.74, 6) is 2.33. The van der Waals surface area contributed by atoms with Crippen LogP contribution in [0.2, 0.25) is 0 Å². The molecule has 31 heavy (non-hydrogen) atoms. The number of nitrogens with one attached hydrogen (secondary N) is 1. The molecule has 4 rings (SSSR count). The molecule has 0 amide bonds. The van der Waals surface area contributed by atoms with E-state index in [4.69, 9.17) is 26.4 Å². The average Bonchev–Trinajstić information content (AvgIpc) is 3.24. The van der Waals surface area contributed by atoms with Gasteiger partial charge in [-0.3, -0.25) is 0 Å². The van der Waals surface area contributed by atoms with E-state index in [1.54, 1.807) is 0 Å². The highest BCUT2D eigenvalue weighted by Gasteiger charge is 2.17. The van der Waals surface area contributed by atoms with Crippen molar-refractivity contribution in [2.24, 2.45) is 0 Å². The quantitative estimate of drug-likeness (QED) is 0.494. The maximum atomic E-state index is 5.83. The van der Waals surface area contributed by atoms with E-state index >= 15 is 0 Å². The molecule has 0 spiro atoms. The number of benzene rings is 3. The number of ether oxygens (including phenoxy) is 3. The molecule has 0 saturated carbocycles. The van der Waals surface area contributed by atoms with Gasteiger partial charge in [0, 0.05) is 13.1 Å². The Hall–Kier alpha value is -3.25. The molecule has 1 aliphatic rings. The standard InChI is InChI=1S/C25H26N2O3S/c1-3-28-22-7-5-4-6-21(22)26-25(31)27(15-19-10-8-18(2)9-11-19)16-20-12-13-23-24(14-20)30-17-29-23/h4-14H,3,15-17H2,1-2H3,(H,26,31). The van der Waals surface area contributed by atoms with Gasteiger partial charge in [-0.1, -0.05) is 48.0 Å². The molecule has 0 saturated heterocycles. The molecule has 1 heterocycles. The van der Waals surface area contributed by atoms with E-state index in [-0.39, 0.29) is 6.79 Å². The second-order valence-corrected chi connectivity index (χ2v) is 7.78. The van der Waals surface area contributed by atoms with Gasteiger partial charge in [-0.2, -0.15) is 0 Å². The van der Waals surface area contributed by atoms with E-state index in [0.717, 1.165) is 28.5 Å². The van der Waals surface area contributed by atoms with Crippen molar-refractivity contribution in [3.63, 3.8) is 0 Å². The highest BCUT2D eigenvalue weighted by Crippen LogP contribution is 2.33. The minimum atomic E-state index is 0.264. The predicted octanol–water partition coefficient (Wildman–Crippen LogP) is 5.52. The number of rotatable bonds is 7. The van der Waals surface area contributed by atoms with Crippen molar-refractivity contribution in [2.45, 2.75) is 26.9 Å². The molecule has 5 nitrogen and oxygen atoms in total. The first-order chi connectivity index (χ1) is 15.1. The van der Waals surface area contributed by atoms with Crippen LogP contribution in [0.15, 0.2) is 66.7 Å². The minimum Gasteiger partial charge on any atom is -0.492 e. The molecule has 3 aromatic rings. The van der Waals surface area contributed by atoms with E-state index < -0.39 is 0 Å². The van der Waals surface area contributed by atoms with E-state index in [0.29, 0.717) is 24.8 Å². The van der Waals surface area contributed by atoms with Crippen molar-refractivity contribution in [2.75, 3.05) is 18.7 Å².